The van der Waals surface area contributed by atoms with Crippen molar-refractivity contribution < 1.29 is 28.6 Å². The molecule has 0 amide bonds. The van der Waals surface area contributed by atoms with Crippen molar-refractivity contribution >= 4 is 17.9 Å². The average molecular weight is 433 g/mol. The first-order chi connectivity index (χ1) is 14.7. The molecular formula is C25H36O6. The van der Waals surface area contributed by atoms with Crippen molar-refractivity contribution in [2.24, 2.45) is 28.6 Å². The summed E-state index contributed by atoms with van der Waals surface area (Å²) in [6, 6.07) is 0. The van der Waals surface area contributed by atoms with Crippen LogP contribution in [0.15, 0.2) is 11.6 Å². The van der Waals surface area contributed by atoms with Gasteiger partial charge in [0.15, 0.2) is 0 Å². The fourth-order valence-electron chi connectivity index (χ4n) is 7.54. The van der Waals surface area contributed by atoms with Crippen LogP contribution in [-0.4, -0.2) is 36.7 Å². The third-order valence-corrected chi connectivity index (χ3v) is 8.82. The molecular weight excluding hydrogens is 396 g/mol. The zero-order valence-corrected chi connectivity index (χ0v) is 19.3. The summed E-state index contributed by atoms with van der Waals surface area (Å²) in [7, 11) is 0. The molecule has 0 spiro atoms. The van der Waals surface area contributed by atoms with E-state index in [1.165, 1.54) is 26.3 Å². The van der Waals surface area contributed by atoms with E-state index in [2.05, 4.69) is 13.0 Å². The predicted molar refractivity (Wildman–Crippen MR) is 114 cm³/mol. The highest BCUT2D eigenvalue weighted by Gasteiger charge is 2.60. The summed E-state index contributed by atoms with van der Waals surface area (Å²) in [5.74, 6) is 0.625. The van der Waals surface area contributed by atoms with Crippen molar-refractivity contribution in [2.75, 3.05) is 6.61 Å². The van der Waals surface area contributed by atoms with Crippen LogP contribution in [0.3, 0.4) is 0 Å². The topological polar surface area (TPSA) is 78.9 Å². The summed E-state index contributed by atoms with van der Waals surface area (Å²) < 4.78 is 17.0. The zero-order valence-electron chi connectivity index (χ0n) is 19.3. The van der Waals surface area contributed by atoms with Crippen molar-refractivity contribution in [2.45, 2.75) is 91.3 Å². The van der Waals surface area contributed by atoms with Gasteiger partial charge in [0.2, 0.25) is 0 Å². The van der Waals surface area contributed by atoms with Gasteiger partial charge >= 0.3 is 17.9 Å². The number of fused-ring (bicyclic) bond motifs is 5. The van der Waals surface area contributed by atoms with Gasteiger partial charge in [-0.1, -0.05) is 18.6 Å². The molecule has 0 bridgehead atoms. The lowest BCUT2D eigenvalue weighted by Crippen LogP contribution is -2.56. The fraction of sp³-hybridized carbons (Fsp3) is 0.800. The first kappa shape index (κ1) is 22.3. The Morgan fingerprint density at radius 3 is 2.39 bits per heavy atom. The maximum absolute atomic E-state index is 11.8. The Kier molecular flexibility index (Phi) is 5.95. The molecule has 0 aliphatic heterocycles. The highest BCUT2D eigenvalue weighted by Crippen LogP contribution is 2.65. The summed E-state index contributed by atoms with van der Waals surface area (Å²) in [6.45, 7) is 7.17. The Hall–Kier alpha value is -1.85. The molecule has 3 fully saturated rings. The number of ether oxygens (including phenoxy) is 3. The van der Waals surface area contributed by atoms with Gasteiger partial charge in [0, 0.05) is 38.0 Å². The molecule has 0 aromatic carbocycles. The third kappa shape index (κ3) is 3.91. The molecule has 4 aliphatic rings. The Balaban J connectivity index is 1.60. The first-order valence-corrected chi connectivity index (χ1v) is 11.8. The smallest absolute Gasteiger partial charge is 0.302 e. The summed E-state index contributed by atoms with van der Waals surface area (Å²) in [4.78, 5) is 34.9. The van der Waals surface area contributed by atoms with Crippen molar-refractivity contribution in [1.82, 2.24) is 0 Å². The van der Waals surface area contributed by atoms with Gasteiger partial charge in [-0.2, -0.15) is 0 Å². The van der Waals surface area contributed by atoms with Crippen molar-refractivity contribution in [3.8, 4) is 0 Å². The molecule has 0 N–H and O–H groups in total. The van der Waals surface area contributed by atoms with E-state index in [0.717, 1.165) is 51.4 Å². The number of rotatable bonds is 4. The second-order valence-electron chi connectivity index (χ2n) is 10.5. The molecule has 6 heteroatoms. The molecule has 3 saturated carbocycles. The van der Waals surface area contributed by atoms with Crippen molar-refractivity contribution in [3.63, 3.8) is 0 Å². The highest BCUT2D eigenvalue weighted by molar-refractivity contribution is 5.67. The van der Waals surface area contributed by atoms with E-state index >= 15 is 0 Å². The maximum Gasteiger partial charge on any atom is 0.302 e. The highest BCUT2D eigenvalue weighted by atomic mass is 16.5. The Bertz CT molecular complexity index is 787. The molecule has 0 saturated heterocycles. The normalized spacial score (nSPS) is 41.2. The third-order valence-electron chi connectivity index (χ3n) is 8.82. The Morgan fingerprint density at radius 1 is 0.968 bits per heavy atom. The number of esters is 3. The van der Waals surface area contributed by atoms with Crippen molar-refractivity contribution in [1.29, 1.82) is 0 Å². The maximum atomic E-state index is 11.8. The quantitative estimate of drug-likeness (QED) is 0.373. The van der Waals surface area contributed by atoms with E-state index in [-0.39, 0.29) is 40.9 Å². The Morgan fingerprint density at radius 2 is 1.71 bits per heavy atom. The van der Waals surface area contributed by atoms with Gasteiger partial charge in [-0.3, -0.25) is 14.4 Å². The molecule has 0 heterocycles. The second kappa shape index (κ2) is 8.25. The van der Waals surface area contributed by atoms with Crippen LogP contribution in [0.5, 0.6) is 0 Å². The number of hydrogen-bond acceptors (Lipinski definition) is 6. The SMILES string of the molecule is CC(=O)OC[C@]12CCC(OC(C)=O)CC1CC[C@H]1C3=CCC(OC(C)=O)[C@@]3(C)CC[C@H]12. The van der Waals surface area contributed by atoms with Gasteiger partial charge in [-0.25, -0.2) is 0 Å². The average Bonchev–Trinajstić information content (AvgIpc) is 3.01. The lowest BCUT2D eigenvalue weighted by molar-refractivity contribution is -0.171. The molecule has 31 heavy (non-hydrogen) atoms. The Labute approximate surface area is 185 Å². The van der Waals surface area contributed by atoms with E-state index < -0.39 is 0 Å². The largest absolute Gasteiger partial charge is 0.465 e. The van der Waals surface area contributed by atoms with Crippen LogP contribution in [0.25, 0.3) is 0 Å². The van der Waals surface area contributed by atoms with Crippen LogP contribution in [0, 0.1) is 28.6 Å². The van der Waals surface area contributed by atoms with Crippen LogP contribution in [0.1, 0.15) is 79.1 Å². The molecule has 4 aliphatic carbocycles. The van der Waals surface area contributed by atoms with Crippen LogP contribution >= 0.6 is 0 Å². The van der Waals surface area contributed by atoms with Gasteiger partial charge in [0.25, 0.3) is 0 Å². The van der Waals surface area contributed by atoms with E-state index in [0.29, 0.717) is 24.4 Å². The molecule has 0 radical (unpaired) electrons. The van der Waals surface area contributed by atoms with Crippen molar-refractivity contribution in [3.05, 3.63) is 11.6 Å². The standard InChI is InChI=1S/C25H36O6/c1-15(26)29-14-25-12-9-19(30-16(2)27)13-18(25)5-6-20-21-7-8-23(31-17(3)28)24(21,4)11-10-22(20)25/h7,18-20,22-23H,5-6,8-14H2,1-4H3/t18?,19?,20-,22+,23?,24-,25+/m0/s1. The van der Waals surface area contributed by atoms with Gasteiger partial charge in [-0.05, 0) is 62.7 Å². The van der Waals surface area contributed by atoms with Gasteiger partial charge in [0.1, 0.15) is 12.2 Å². The summed E-state index contributed by atoms with van der Waals surface area (Å²) in [5.41, 5.74) is 1.31. The van der Waals surface area contributed by atoms with Gasteiger partial charge < -0.3 is 14.2 Å². The molecule has 172 valence electrons. The summed E-state index contributed by atoms with van der Waals surface area (Å²) in [5, 5.41) is 0. The number of carbonyl (C=O) groups is 3. The number of hydrogen-bond donors (Lipinski definition) is 0. The minimum atomic E-state index is -0.229. The van der Waals surface area contributed by atoms with E-state index in [1.807, 2.05) is 0 Å². The lowest BCUT2D eigenvalue weighted by atomic mass is 9.46. The molecule has 0 aromatic heterocycles. The minimum absolute atomic E-state index is 0.0302. The fourth-order valence-corrected chi connectivity index (χ4v) is 7.54. The number of carbonyl (C=O) groups excluding carboxylic acids is 3. The minimum Gasteiger partial charge on any atom is -0.465 e. The first-order valence-electron chi connectivity index (χ1n) is 11.8. The van der Waals surface area contributed by atoms with Crippen LogP contribution in [0.4, 0.5) is 0 Å². The molecule has 4 rings (SSSR count). The van der Waals surface area contributed by atoms with Gasteiger partial charge in [-0.15, -0.1) is 0 Å². The van der Waals surface area contributed by atoms with E-state index in [4.69, 9.17) is 14.2 Å². The van der Waals surface area contributed by atoms with E-state index in [9.17, 15) is 14.4 Å². The monoisotopic (exact) mass is 432 g/mol. The van der Waals surface area contributed by atoms with Crippen LogP contribution in [-0.2, 0) is 28.6 Å². The molecule has 6 nitrogen and oxygen atoms in total. The zero-order chi connectivity index (χ0) is 22.4. The van der Waals surface area contributed by atoms with Gasteiger partial charge in [0.05, 0.1) is 6.61 Å². The van der Waals surface area contributed by atoms with Crippen LogP contribution < -0.4 is 0 Å². The predicted octanol–water partition coefficient (Wildman–Crippen LogP) is 4.36. The molecule has 0 aromatic rings. The summed E-state index contributed by atoms with van der Waals surface area (Å²) >= 11 is 0. The lowest BCUT2D eigenvalue weighted by Gasteiger charge is -2.60. The van der Waals surface area contributed by atoms with Crippen LogP contribution in [0.2, 0.25) is 0 Å². The van der Waals surface area contributed by atoms with E-state index in [1.54, 1.807) is 0 Å². The summed E-state index contributed by atoms with van der Waals surface area (Å²) in [6.07, 6.45) is 9.81. The molecule has 7 atom stereocenters. The second-order valence-corrected chi connectivity index (χ2v) is 10.5. The molecule has 3 unspecified atom stereocenters.